The van der Waals surface area contributed by atoms with E-state index in [4.69, 9.17) is 10.5 Å². The van der Waals surface area contributed by atoms with Gasteiger partial charge in [0.1, 0.15) is 5.75 Å². The van der Waals surface area contributed by atoms with Crippen LogP contribution in [0.15, 0.2) is 16.6 Å². The van der Waals surface area contributed by atoms with Gasteiger partial charge in [0.15, 0.2) is 0 Å². The van der Waals surface area contributed by atoms with Crippen LogP contribution >= 0.6 is 15.9 Å². The van der Waals surface area contributed by atoms with Crippen molar-refractivity contribution in [2.24, 2.45) is 11.7 Å². The van der Waals surface area contributed by atoms with Crippen LogP contribution in [0.5, 0.6) is 5.75 Å². The summed E-state index contributed by atoms with van der Waals surface area (Å²) in [6.45, 7) is 4.85. The van der Waals surface area contributed by atoms with Crippen LogP contribution in [0.2, 0.25) is 0 Å². The van der Waals surface area contributed by atoms with E-state index in [9.17, 15) is 4.79 Å². The number of carbonyl (C=O) groups is 1. The van der Waals surface area contributed by atoms with Gasteiger partial charge in [-0.3, -0.25) is 4.79 Å². The topological polar surface area (TPSA) is 64.4 Å². The van der Waals surface area contributed by atoms with Crippen molar-refractivity contribution in [1.29, 1.82) is 0 Å². The third-order valence-corrected chi connectivity index (χ3v) is 3.94. The molecule has 0 spiro atoms. The smallest absolute Gasteiger partial charge is 0.224 e. The van der Waals surface area contributed by atoms with Crippen LogP contribution in [0.3, 0.4) is 0 Å². The lowest BCUT2D eigenvalue weighted by molar-refractivity contribution is -0.125. The van der Waals surface area contributed by atoms with Gasteiger partial charge in [0.05, 0.1) is 6.61 Å². The number of hydrogen-bond donors (Lipinski definition) is 2. The Balaban J connectivity index is 2.06. The molecule has 2 unspecified atom stereocenters. The Hall–Kier alpha value is -1.07. The Morgan fingerprint density at radius 1 is 1.53 bits per heavy atom. The minimum atomic E-state index is -0.193. The van der Waals surface area contributed by atoms with E-state index in [1.54, 1.807) is 0 Å². The molecule has 0 saturated heterocycles. The molecule has 5 heteroatoms. The summed E-state index contributed by atoms with van der Waals surface area (Å²) in [6, 6.07) is 3.91. The maximum atomic E-state index is 11.9. The van der Waals surface area contributed by atoms with E-state index >= 15 is 0 Å². The summed E-state index contributed by atoms with van der Waals surface area (Å²) in [7, 11) is 0. The summed E-state index contributed by atoms with van der Waals surface area (Å²) >= 11 is 3.49. The van der Waals surface area contributed by atoms with Crippen molar-refractivity contribution in [2.45, 2.75) is 32.9 Å². The summed E-state index contributed by atoms with van der Waals surface area (Å²) in [5.74, 6) is 0.694. The average Bonchev–Trinajstić information content (AvgIpc) is 2.82. The normalized spacial score (nSPS) is 16.4. The fourth-order valence-corrected chi connectivity index (χ4v) is 2.61. The van der Waals surface area contributed by atoms with Gasteiger partial charge in [-0.25, -0.2) is 0 Å². The van der Waals surface area contributed by atoms with Gasteiger partial charge in [0.2, 0.25) is 5.91 Å². The highest BCUT2D eigenvalue weighted by atomic mass is 79.9. The molecule has 1 aliphatic rings. The third-order valence-electron chi connectivity index (χ3n) is 3.48. The lowest BCUT2D eigenvalue weighted by Crippen LogP contribution is -2.38. The van der Waals surface area contributed by atoms with E-state index in [2.05, 4.69) is 27.3 Å². The molecule has 0 radical (unpaired) electrons. The van der Waals surface area contributed by atoms with Crippen molar-refractivity contribution in [3.63, 3.8) is 0 Å². The number of rotatable bonds is 4. The first-order chi connectivity index (χ1) is 8.99. The van der Waals surface area contributed by atoms with Crippen molar-refractivity contribution in [2.75, 3.05) is 6.61 Å². The lowest BCUT2D eigenvalue weighted by atomic mass is 10.0. The van der Waals surface area contributed by atoms with Crippen molar-refractivity contribution in [3.05, 3.63) is 27.7 Å². The zero-order valence-electron chi connectivity index (χ0n) is 11.2. The predicted molar refractivity (Wildman–Crippen MR) is 78.0 cm³/mol. The fourth-order valence-electron chi connectivity index (χ4n) is 2.06. The molecule has 1 amide bonds. The van der Waals surface area contributed by atoms with Crippen LogP contribution in [-0.2, 0) is 17.8 Å². The molecular weight excluding hydrogens is 308 g/mol. The first-order valence-corrected chi connectivity index (χ1v) is 7.25. The van der Waals surface area contributed by atoms with E-state index < -0.39 is 0 Å². The predicted octanol–water partition coefficient (Wildman–Crippen LogP) is 1.98. The number of fused-ring (bicyclic) bond motifs is 1. The molecule has 1 heterocycles. The fraction of sp³-hybridized carbons (Fsp3) is 0.500. The molecule has 1 aliphatic heterocycles. The number of hydrogen-bond acceptors (Lipinski definition) is 3. The molecule has 1 aromatic rings. The highest BCUT2D eigenvalue weighted by Crippen LogP contribution is 2.32. The summed E-state index contributed by atoms with van der Waals surface area (Å²) in [5.41, 5.74) is 7.93. The van der Waals surface area contributed by atoms with Crippen molar-refractivity contribution in [3.8, 4) is 5.75 Å². The molecule has 0 aliphatic carbocycles. The van der Waals surface area contributed by atoms with Crippen molar-refractivity contribution < 1.29 is 9.53 Å². The first-order valence-electron chi connectivity index (χ1n) is 6.46. The zero-order valence-corrected chi connectivity index (χ0v) is 12.8. The quantitative estimate of drug-likeness (QED) is 0.889. The third kappa shape index (κ3) is 3.28. The van der Waals surface area contributed by atoms with Crippen LogP contribution < -0.4 is 15.8 Å². The molecule has 2 rings (SSSR count). The van der Waals surface area contributed by atoms with Gasteiger partial charge in [-0.1, -0.05) is 22.9 Å². The highest BCUT2D eigenvalue weighted by molar-refractivity contribution is 9.10. The molecule has 0 aromatic heterocycles. The van der Waals surface area contributed by atoms with E-state index in [1.165, 1.54) is 5.56 Å². The molecule has 1 aromatic carbocycles. The van der Waals surface area contributed by atoms with E-state index in [-0.39, 0.29) is 17.9 Å². The van der Waals surface area contributed by atoms with Crippen LogP contribution in [-0.4, -0.2) is 18.6 Å². The second kappa shape index (κ2) is 5.92. The Morgan fingerprint density at radius 3 is 2.95 bits per heavy atom. The van der Waals surface area contributed by atoms with E-state index in [0.29, 0.717) is 13.2 Å². The molecule has 0 fully saturated rings. The van der Waals surface area contributed by atoms with Crippen LogP contribution in [0.4, 0.5) is 0 Å². The number of ether oxygens (including phenoxy) is 1. The lowest BCUT2D eigenvalue weighted by Gasteiger charge is -2.16. The maximum absolute atomic E-state index is 11.9. The molecule has 19 heavy (non-hydrogen) atoms. The van der Waals surface area contributed by atoms with Crippen LogP contribution in [0.1, 0.15) is 25.0 Å². The monoisotopic (exact) mass is 326 g/mol. The molecular formula is C14H19BrN2O2. The number of nitrogens with one attached hydrogen (secondary N) is 1. The van der Waals surface area contributed by atoms with Gasteiger partial charge in [0.25, 0.3) is 0 Å². The van der Waals surface area contributed by atoms with Gasteiger partial charge in [-0.2, -0.15) is 0 Å². The zero-order chi connectivity index (χ0) is 14.0. The van der Waals surface area contributed by atoms with Crippen LogP contribution in [0.25, 0.3) is 0 Å². The van der Waals surface area contributed by atoms with E-state index in [1.807, 2.05) is 19.9 Å². The summed E-state index contributed by atoms with van der Waals surface area (Å²) in [5, 5.41) is 2.92. The standard InChI is InChI=1S/C14H19BrN2O2/c1-8(9(2)16)14(18)17-7-11-6-12(15)5-10-3-4-19-13(10)11/h5-6,8-9H,3-4,7,16H2,1-2H3,(H,17,18). The summed E-state index contributed by atoms with van der Waals surface area (Å²) in [4.78, 5) is 11.9. The number of benzene rings is 1. The van der Waals surface area contributed by atoms with Crippen LogP contribution in [0, 0.1) is 5.92 Å². The highest BCUT2D eigenvalue weighted by Gasteiger charge is 2.20. The Kier molecular flexibility index (Phi) is 4.47. The SMILES string of the molecule is CC(N)C(C)C(=O)NCc1cc(Br)cc2c1OCC2. The average molecular weight is 327 g/mol. The number of nitrogens with two attached hydrogens (primary N) is 1. The number of carbonyl (C=O) groups excluding carboxylic acids is 1. The van der Waals surface area contributed by atoms with Crippen molar-refractivity contribution >= 4 is 21.8 Å². The molecule has 3 N–H and O–H groups in total. The van der Waals surface area contributed by atoms with Gasteiger partial charge in [-0.15, -0.1) is 0 Å². The number of halogens is 1. The molecule has 4 nitrogen and oxygen atoms in total. The van der Waals surface area contributed by atoms with E-state index in [0.717, 1.165) is 22.2 Å². The Labute approximate surface area is 121 Å². The maximum Gasteiger partial charge on any atom is 0.224 e. The molecule has 2 atom stereocenters. The first kappa shape index (κ1) is 14.3. The molecule has 0 saturated carbocycles. The number of amides is 1. The van der Waals surface area contributed by atoms with Gasteiger partial charge in [-0.05, 0) is 24.6 Å². The van der Waals surface area contributed by atoms with Gasteiger partial charge in [0, 0.05) is 35.0 Å². The Morgan fingerprint density at radius 2 is 2.26 bits per heavy atom. The van der Waals surface area contributed by atoms with Gasteiger partial charge < -0.3 is 15.8 Å². The second-order valence-electron chi connectivity index (χ2n) is 5.02. The van der Waals surface area contributed by atoms with Gasteiger partial charge >= 0.3 is 0 Å². The van der Waals surface area contributed by atoms with Crippen molar-refractivity contribution in [1.82, 2.24) is 5.32 Å². The second-order valence-corrected chi connectivity index (χ2v) is 5.93. The summed E-state index contributed by atoms with van der Waals surface area (Å²) in [6.07, 6.45) is 0.923. The summed E-state index contributed by atoms with van der Waals surface area (Å²) < 4.78 is 6.64. The Bertz CT molecular complexity index is 489. The molecule has 0 bridgehead atoms. The minimum absolute atomic E-state index is 0.0262. The largest absolute Gasteiger partial charge is 0.493 e. The molecule has 104 valence electrons. The minimum Gasteiger partial charge on any atom is -0.493 e.